The second kappa shape index (κ2) is 4.78. The van der Waals surface area contributed by atoms with Gasteiger partial charge < -0.3 is 5.32 Å². The summed E-state index contributed by atoms with van der Waals surface area (Å²) < 4.78 is 0. The Morgan fingerprint density at radius 3 is 2.79 bits per heavy atom. The van der Waals surface area contributed by atoms with Crippen molar-refractivity contribution in [1.29, 1.82) is 0 Å². The number of aromatic nitrogens is 1. The molecule has 19 heavy (non-hydrogen) atoms. The zero-order valence-corrected chi connectivity index (χ0v) is 11.9. The monoisotopic (exact) mass is 278 g/mol. The van der Waals surface area contributed by atoms with Crippen LogP contribution in [0.15, 0.2) is 18.3 Å². The van der Waals surface area contributed by atoms with Gasteiger partial charge in [-0.25, -0.2) is 4.98 Å². The minimum absolute atomic E-state index is 0.152. The molecule has 1 unspecified atom stereocenters. The molecule has 1 spiro atoms. The van der Waals surface area contributed by atoms with Crippen LogP contribution in [0, 0.1) is 17.3 Å². The third-order valence-electron chi connectivity index (χ3n) is 4.77. The number of anilines is 1. The predicted octanol–water partition coefficient (Wildman–Crippen LogP) is 3.89. The minimum Gasteiger partial charge on any atom is -0.324 e. The lowest BCUT2D eigenvalue weighted by molar-refractivity contribution is -0.118. The standard InChI is InChI=1S/C15H19ClN2O/c1-10-4-6-15(7-5-10)8-12(15)14(19)18-11-2-3-13(16)17-9-11/h2-3,9-10,12H,4-8H2,1H3,(H,18,19). The summed E-state index contributed by atoms with van der Waals surface area (Å²) in [7, 11) is 0. The van der Waals surface area contributed by atoms with Crippen LogP contribution in [0.4, 0.5) is 5.69 Å². The molecule has 0 radical (unpaired) electrons. The number of amides is 1. The molecule has 4 heteroatoms. The number of carbonyl (C=O) groups is 1. The number of nitrogens with one attached hydrogen (secondary N) is 1. The average molecular weight is 279 g/mol. The van der Waals surface area contributed by atoms with E-state index in [0.717, 1.165) is 18.0 Å². The van der Waals surface area contributed by atoms with Gasteiger partial charge in [0.2, 0.25) is 5.91 Å². The van der Waals surface area contributed by atoms with Gasteiger partial charge in [-0.1, -0.05) is 31.4 Å². The zero-order chi connectivity index (χ0) is 13.5. The number of hydrogen-bond donors (Lipinski definition) is 1. The van der Waals surface area contributed by atoms with Crippen LogP contribution in [0.1, 0.15) is 39.0 Å². The van der Waals surface area contributed by atoms with Crippen LogP contribution in [0.25, 0.3) is 0 Å². The van der Waals surface area contributed by atoms with Crippen molar-refractivity contribution in [3.8, 4) is 0 Å². The highest BCUT2D eigenvalue weighted by molar-refractivity contribution is 6.29. The molecular weight excluding hydrogens is 260 g/mol. The Morgan fingerprint density at radius 1 is 1.42 bits per heavy atom. The van der Waals surface area contributed by atoms with Crippen LogP contribution in [0.5, 0.6) is 0 Å². The van der Waals surface area contributed by atoms with E-state index in [0.29, 0.717) is 10.6 Å². The average Bonchev–Trinajstić information content (AvgIpc) is 3.11. The van der Waals surface area contributed by atoms with Crippen molar-refractivity contribution >= 4 is 23.2 Å². The topological polar surface area (TPSA) is 42.0 Å². The number of pyridine rings is 1. The number of carbonyl (C=O) groups excluding carboxylic acids is 1. The van der Waals surface area contributed by atoms with Crippen molar-refractivity contribution in [3.05, 3.63) is 23.5 Å². The molecule has 0 bridgehead atoms. The first-order valence-corrected chi connectivity index (χ1v) is 7.39. The first kappa shape index (κ1) is 12.9. The van der Waals surface area contributed by atoms with Crippen LogP contribution < -0.4 is 5.32 Å². The van der Waals surface area contributed by atoms with Crippen LogP contribution in [-0.4, -0.2) is 10.9 Å². The van der Waals surface area contributed by atoms with E-state index in [1.54, 1.807) is 18.3 Å². The van der Waals surface area contributed by atoms with Gasteiger partial charge >= 0.3 is 0 Å². The summed E-state index contributed by atoms with van der Waals surface area (Å²) in [5.74, 6) is 1.18. The number of rotatable bonds is 2. The van der Waals surface area contributed by atoms with E-state index in [2.05, 4.69) is 17.2 Å². The quantitative estimate of drug-likeness (QED) is 0.834. The molecule has 1 atom stereocenters. The van der Waals surface area contributed by atoms with Gasteiger partial charge in [-0.3, -0.25) is 4.79 Å². The molecule has 1 aromatic rings. The van der Waals surface area contributed by atoms with Crippen molar-refractivity contribution in [2.45, 2.75) is 39.0 Å². The molecule has 1 amide bonds. The van der Waals surface area contributed by atoms with Gasteiger partial charge in [0.25, 0.3) is 0 Å². The summed E-state index contributed by atoms with van der Waals surface area (Å²) in [5.41, 5.74) is 1.05. The molecule has 1 heterocycles. The molecule has 1 aromatic heterocycles. The third kappa shape index (κ3) is 2.62. The highest BCUT2D eigenvalue weighted by atomic mass is 35.5. The van der Waals surface area contributed by atoms with E-state index in [-0.39, 0.29) is 11.8 Å². The van der Waals surface area contributed by atoms with Crippen molar-refractivity contribution in [1.82, 2.24) is 4.98 Å². The highest BCUT2D eigenvalue weighted by Crippen LogP contribution is 2.62. The Kier molecular flexibility index (Phi) is 3.25. The normalized spacial score (nSPS) is 33.2. The molecule has 0 saturated heterocycles. The fraction of sp³-hybridized carbons (Fsp3) is 0.600. The van der Waals surface area contributed by atoms with E-state index < -0.39 is 0 Å². The molecule has 2 saturated carbocycles. The Balaban J connectivity index is 1.59. The molecule has 0 aliphatic heterocycles. The summed E-state index contributed by atoms with van der Waals surface area (Å²) in [6, 6.07) is 3.49. The van der Waals surface area contributed by atoms with Crippen molar-refractivity contribution < 1.29 is 4.79 Å². The maximum Gasteiger partial charge on any atom is 0.228 e. The molecule has 2 fully saturated rings. The third-order valence-corrected chi connectivity index (χ3v) is 4.99. The minimum atomic E-state index is 0.152. The maximum absolute atomic E-state index is 12.2. The van der Waals surface area contributed by atoms with Crippen LogP contribution in [0.2, 0.25) is 5.15 Å². The van der Waals surface area contributed by atoms with E-state index in [1.807, 2.05) is 0 Å². The van der Waals surface area contributed by atoms with Crippen molar-refractivity contribution in [3.63, 3.8) is 0 Å². The predicted molar refractivity (Wildman–Crippen MR) is 76.0 cm³/mol. The second-order valence-corrected chi connectivity index (χ2v) is 6.55. The smallest absolute Gasteiger partial charge is 0.228 e. The van der Waals surface area contributed by atoms with Gasteiger partial charge in [-0.2, -0.15) is 0 Å². The maximum atomic E-state index is 12.2. The summed E-state index contributed by atoms with van der Waals surface area (Å²) in [5, 5.41) is 3.40. The molecule has 3 nitrogen and oxygen atoms in total. The Labute approximate surface area is 118 Å². The molecule has 2 aliphatic carbocycles. The van der Waals surface area contributed by atoms with E-state index in [1.165, 1.54) is 25.7 Å². The summed E-state index contributed by atoms with van der Waals surface area (Å²) in [6.45, 7) is 2.31. The SMILES string of the molecule is CC1CCC2(CC1)CC2C(=O)Nc1ccc(Cl)nc1. The molecule has 3 rings (SSSR count). The molecule has 102 valence electrons. The largest absolute Gasteiger partial charge is 0.324 e. The highest BCUT2D eigenvalue weighted by Gasteiger charge is 2.58. The Hall–Kier alpha value is -1.09. The van der Waals surface area contributed by atoms with E-state index >= 15 is 0 Å². The fourth-order valence-corrected chi connectivity index (χ4v) is 3.40. The van der Waals surface area contributed by atoms with Gasteiger partial charge in [-0.05, 0) is 42.7 Å². The van der Waals surface area contributed by atoms with Gasteiger partial charge in [-0.15, -0.1) is 0 Å². The summed E-state index contributed by atoms with van der Waals surface area (Å²) in [4.78, 5) is 16.2. The number of hydrogen-bond acceptors (Lipinski definition) is 2. The zero-order valence-electron chi connectivity index (χ0n) is 11.2. The van der Waals surface area contributed by atoms with Gasteiger partial charge in [0.15, 0.2) is 0 Å². The van der Waals surface area contributed by atoms with Crippen molar-refractivity contribution in [2.75, 3.05) is 5.32 Å². The molecule has 0 aromatic carbocycles. The number of nitrogens with zero attached hydrogens (tertiary/aromatic N) is 1. The Morgan fingerprint density at radius 2 is 2.16 bits per heavy atom. The first-order chi connectivity index (χ1) is 9.09. The number of halogens is 1. The van der Waals surface area contributed by atoms with Crippen LogP contribution >= 0.6 is 11.6 Å². The summed E-state index contributed by atoms with van der Waals surface area (Å²) >= 11 is 5.73. The van der Waals surface area contributed by atoms with E-state index in [4.69, 9.17) is 11.6 Å². The molecular formula is C15H19ClN2O. The molecule has 1 N–H and O–H groups in total. The van der Waals surface area contributed by atoms with Crippen molar-refractivity contribution in [2.24, 2.45) is 17.3 Å². The van der Waals surface area contributed by atoms with Gasteiger partial charge in [0.05, 0.1) is 11.9 Å². The van der Waals surface area contributed by atoms with Crippen LogP contribution in [-0.2, 0) is 4.79 Å². The van der Waals surface area contributed by atoms with Gasteiger partial charge in [0, 0.05) is 5.92 Å². The lowest BCUT2D eigenvalue weighted by Crippen LogP contribution is -2.22. The fourth-order valence-electron chi connectivity index (χ4n) is 3.29. The Bertz CT molecular complexity index is 477. The van der Waals surface area contributed by atoms with Gasteiger partial charge in [0.1, 0.15) is 5.15 Å². The summed E-state index contributed by atoms with van der Waals surface area (Å²) in [6.07, 6.45) is 7.64. The lowest BCUT2D eigenvalue weighted by Gasteiger charge is -2.26. The van der Waals surface area contributed by atoms with E-state index in [9.17, 15) is 4.79 Å². The molecule has 2 aliphatic rings. The second-order valence-electron chi connectivity index (χ2n) is 6.16. The lowest BCUT2D eigenvalue weighted by atomic mass is 9.79. The first-order valence-electron chi connectivity index (χ1n) is 7.01. The van der Waals surface area contributed by atoms with Crippen LogP contribution in [0.3, 0.4) is 0 Å².